The Balaban J connectivity index is 1.54. The minimum Gasteiger partial charge on any atom is -0.497 e. The van der Waals surface area contributed by atoms with Gasteiger partial charge in [0, 0.05) is 34.0 Å². The van der Waals surface area contributed by atoms with E-state index in [4.69, 9.17) is 16.3 Å². The van der Waals surface area contributed by atoms with Crippen LogP contribution in [0, 0.1) is 10.1 Å². The van der Waals surface area contributed by atoms with Crippen molar-refractivity contribution >= 4 is 41.2 Å². The second kappa shape index (κ2) is 12.3. The van der Waals surface area contributed by atoms with Gasteiger partial charge in [0.05, 0.1) is 24.0 Å². The number of nitro groups is 1. The molecule has 40 heavy (non-hydrogen) atoms. The quantitative estimate of drug-likeness (QED) is 0.111. The highest BCUT2D eigenvalue weighted by molar-refractivity contribution is 7.99. The maximum Gasteiger partial charge on any atom is 0.270 e. The minimum absolute atomic E-state index is 0.00272. The maximum absolute atomic E-state index is 12.5. The minimum atomic E-state index is -0.533. The summed E-state index contributed by atoms with van der Waals surface area (Å²) in [6.45, 7) is 6.47. The molecule has 10 nitrogen and oxygen atoms in total. The zero-order valence-corrected chi connectivity index (χ0v) is 23.9. The lowest BCUT2D eigenvalue weighted by molar-refractivity contribution is -0.384. The zero-order chi connectivity index (χ0) is 28.9. The lowest BCUT2D eigenvalue weighted by atomic mass is 9.87. The number of rotatable bonds is 9. The van der Waals surface area contributed by atoms with Crippen LogP contribution in [0.25, 0.3) is 17.1 Å². The molecular formula is C28H27ClN6O4S. The number of non-ortho nitro benzene ring substituents is 1. The topological polar surface area (TPSA) is 125 Å². The highest BCUT2D eigenvalue weighted by atomic mass is 35.5. The number of carbonyl (C=O) groups excluding carboxylic acids is 1. The lowest BCUT2D eigenvalue weighted by Crippen LogP contribution is -2.20. The van der Waals surface area contributed by atoms with Gasteiger partial charge in [-0.2, -0.15) is 5.10 Å². The van der Waals surface area contributed by atoms with Crippen LogP contribution in [0.2, 0.25) is 5.02 Å². The molecule has 0 aliphatic carbocycles. The summed E-state index contributed by atoms with van der Waals surface area (Å²) in [6, 6.07) is 19.6. The molecule has 0 radical (unpaired) electrons. The SMILES string of the molecule is COc1ccc(-n2c(SCC(=O)NN=Cc3cc([N+](=O)[O-])ccc3Cl)nnc2-c2ccc(C(C)(C)C)cc2)cc1. The fourth-order valence-electron chi connectivity index (χ4n) is 3.71. The Kier molecular flexibility index (Phi) is 8.86. The third-order valence-electron chi connectivity index (χ3n) is 5.89. The van der Waals surface area contributed by atoms with Crippen molar-refractivity contribution in [3.63, 3.8) is 0 Å². The summed E-state index contributed by atoms with van der Waals surface area (Å²) in [7, 11) is 1.60. The Labute approximate surface area is 240 Å². The Morgan fingerprint density at radius 3 is 2.45 bits per heavy atom. The molecule has 0 aliphatic heterocycles. The highest BCUT2D eigenvalue weighted by Crippen LogP contribution is 2.31. The molecule has 0 aliphatic rings. The summed E-state index contributed by atoms with van der Waals surface area (Å²) in [5, 5.41) is 24.5. The predicted octanol–water partition coefficient (Wildman–Crippen LogP) is 6.04. The predicted molar refractivity (Wildman–Crippen MR) is 157 cm³/mol. The normalized spacial score (nSPS) is 11.5. The molecule has 0 fully saturated rings. The number of nitrogens with zero attached hydrogens (tertiary/aromatic N) is 5. The molecule has 206 valence electrons. The van der Waals surface area contributed by atoms with Gasteiger partial charge in [0.25, 0.3) is 11.6 Å². The van der Waals surface area contributed by atoms with Crippen LogP contribution in [0.1, 0.15) is 31.9 Å². The number of aromatic nitrogens is 3. The van der Waals surface area contributed by atoms with Crippen LogP contribution in [0.15, 0.2) is 77.0 Å². The Morgan fingerprint density at radius 2 is 1.82 bits per heavy atom. The first-order valence-corrected chi connectivity index (χ1v) is 13.5. The van der Waals surface area contributed by atoms with Crippen LogP contribution in [-0.2, 0) is 10.2 Å². The van der Waals surface area contributed by atoms with E-state index in [1.54, 1.807) is 7.11 Å². The van der Waals surface area contributed by atoms with Crippen molar-refractivity contribution in [2.24, 2.45) is 5.10 Å². The molecule has 1 heterocycles. The van der Waals surface area contributed by atoms with E-state index in [0.29, 0.717) is 22.3 Å². The van der Waals surface area contributed by atoms with Crippen LogP contribution in [-0.4, -0.2) is 44.7 Å². The van der Waals surface area contributed by atoms with Gasteiger partial charge in [-0.05, 0) is 41.3 Å². The smallest absolute Gasteiger partial charge is 0.270 e. The van der Waals surface area contributed by atoms with Gasteiger partial charge in [0.1, 0.15) is 5.75 Å². The van der Waals surface area contributed by atoms with E-state index in [2.05, 4.69) is 53.6 Å². The molecule has 4 aromatic rings. The van der Waals surface area contributed by atoms with E-state index >= 15 is 0 Å². The number of ether oxygens (including phenoxy) is 1. The Hall–Kier alpha value is -4.22. The number of hydrazone groups is 1. The van der Waals surface area contributed by atoms with Crippen LogP contribution in [0.4, 0.5) is 5.69 Å². The average molecular weight is 579 g/mol. The number of thioether (sulfide) groups is 1. The summed E-state index contributed by atoms with van der Waals surface area (Å²) in [5.74, 6) is 0.940. The van der Waals surface area contributed by atoms with Gasteiger partial charge in [-0.1, -0.05) is 68.4 Å². The van der Waals surface area contributed by atoms with Gasteiger partial charge in [-0.25, -0.2) is 5.43 Å². The van der Waals surface area contributed by atoms with Crippen LogP contribution >= 0.6 is 23.4 Å². The van der Waals surface area contributed by atoms with Crippen molar-refractivity contribution in [2.45, 2.75) is 31.3 Å². The molecule has 3 aromatic carbocycles. The fourth-order valence-corrected chi connectivity index (χ4v) is 4.62. The number of benzene rings is 3. The average Bonchev–Trinajstić information content (AvgIpc) is 3.36. The molecule has 0 saturated heterocycles. The van der Waals surface area contributed by atoms with E-state index in [0.717, 1.165) is 11.3 Å². The molecule has 0 spiro atoms. The van der Waals surface area contributed by atoms with Crippen LogP contribution in [0.5, 0.6) is 5.75 Å². The van der Waals surface area contributed by atoms with Crippen molar-refractivity contribution in [3.05, 3.63) is 93.0 Å². The third-order valence-corrected chi connectivity index (χ3v) is 7.16. The number of hydrogen-bond donors (Lipinski definition) is 1. The van der Waals surface area contributed by atoms with Crippen molar-refractivity contribution in [3.8, 4) is 22.8 Å². The second-order valence-electron chi connectivity index (χ2n) is 9.71. The van der Waals surface area contributed by atoms with Gasteiger partial charge >= 0.3 is 0 Å². The molecule has 1 N–H and O–H groups in total. The number of hydrogen-bond acceptors (Lipinski definition) is 8. The van der Waals surface area contributed by atoms with E-state index in [-0.39, 0.29) is 21.9 Å². The first kappa shape index (κ1) is 28.8. The lowest BCUT2D eigenvalue weighted by Gasteiger charge is -2.19. The maximum atomic E-state index is 12.5. The van der Waals surface area contributed by atoms with Gasteiger partial charge in [-0.15, -0.1) is 10.2 Å². The van der Waals surface area contributed by atoms with E-state index in [1.807, 2.05) is 41.0 Å². The second-order valence-corrected chi connectivity index (χ2v) is 11.1. The molecule has 0 saturated carbocycles. The molecule has 12 heteroatoms. The van der Waals surface area contributed by atoms with Crippen LogP contribution < -0.4 is 10.2 Å². The Bertz CT molecular complexity index is 1550. The summed E-state index contributed by atoms with van der Waals surface area (Å²) in [5.41, 5.74) is 5.50. The van der Waals surface area contributed by atoms with Crippen molar-refractivity contribution in [1.82, 2.24) is 20.2 Å². The molecule has 0 atom stereocenters. The number of amides is 1. The molecule has 1 aromatic heterocycles. The summed E-state index contributed by atoms with van der Waals surface area (Å²) in [4.78, 5) is 23.0. The largest absolute Gasteiger partial charge is 0.497 e. The zero-order valence-electron chi connectivity index (χ0n) is 22.3. The number of nitrogens with one attached hydrogen (secondary N) is 1. The first-order valence-electron chi connectivity index (χ1n) is 12.2. The van der Waals surface area contributed by atoms with Crippen molar-refractivity contribution < 1.29 is 14.5 Å². The molecule has 1 amide bonds. The summed E-state index contributed by atoms with van der Waals surface area (Å²) >= 11 is 7.27. The van der Waals surface area contributed by atoms with E-state index in [9.17, 15) is 14.9 Å². The molecule has 0 bridgehead atoms. The molecule has 4 rings (SSSR count). The summed E-state index contributed by atoms with van der Waals surface area (Å²) in [6.07, 6.45) is 1.26. The van der Waals surface area contributed by atoms with E-state index < -0.39 is 10.8 Å². The van der Waals surface area contributed by atoms with Crippen molar-refractivity contribution in [2.75, 3.05) is 12.9 Å². The number of halogens is 1. The third kappa shape index (κ3) is 6.85. The van der Waals surface area contributed by atoms with Crippen molar-refractivity contribution in [1.29, 1.82) is 0 Å². The van der Waals surface area contributed by atoms with Gasteiger partial charge in [0.2, 0.25) is 0 Å². The fraction of sp³-hybridized carbons (Fsp3) is 0.214. The van der Waals surface area contributed by atoms with Gasteiger partial charge in [-0.3, -0.25) is 19.5 Å². The monoisotopic (exact) mass is 578 g/mol. The van der Waals surface area contributed by atoms with Gasteiger partial charge in [0.15, 0.2) is 11.0 Å². The summed E-state index contributed by atoms with van der Waals surface area (Å²) < 4.78 is 7.18. The van der Waals surface area contributed by atoms with Crippen LogP contribution in [0.3, 0.4) is 0 Å². The van der Waals surface area contributed by atoms with Gasteiger partial charge < -0.3 is 4.74 Å². The number of carbonyl (C=O) groups is 1. The standard InChI is InChI=1S/C28H27ClN6O4S/c1-28(2,3)20-7-5-18(6-8-20)26-32-33-27(34(26)21-9-12-23(39-4)13-10-21)40-17-25(36)31-30-16-19-15-22(35(37)38)11-14-24(19)29/h5-16H,17H2,1-4H3,(H,31,36). The molecular weight excluding hydrogens is 552 g/mol. The highest BCUT2D eigenvalue weighted by Gasteiger charge is 2.19. The Morgan fingerprint density at radius 1 is 1.12 bits per heavy atom. The number of methoxy groups -OCH3 is 1. The molecule has 0 unspecified atom stereocenters. The van der Waals surface area contributed by atoms with E-state index in [1.165, 1.54) is 41.7 Å². The first-order chi connectivity index (χ1) is 19.1. The number of nitro benzene ring substituents is 1.